The van der Waals surface area contributed by atoms with Crippen LogP contribution in [-0.4, -0.2) is 83.1 Å². The largest absolute Gasteiger partial charge is 0.460 e. The van der Waals surface area contributed by atoms with E-state index in [1.807, 2.05) is 13.0 Å². The highest BCUT2D eigenvalue weighted by atomic mass is 16.6. The van der Waals surface area contributed by atoms with Gasteiger partial charge in [-0.05, 0) is 53.2 Å². The van der Waals surface area contributed by atoms with E-state index in [0.717, 1.165) is 5.56 Å². The molecule has 11 heteroatoms. The summed E-state index contributed by atoms with van der Waals surface area (Å²) in [5, 5.41) is 3.15. The number of aryl methyl sites for hydroxylation is 1. The first kappa shape index (κ1) is 28.7. The van der Waals surface area contributed by atoms with Crippen LogP contribution in [0.3, 0.4) is 0 Å². The Hall–Kier alpha value is -3.89. The van der Waals surface area contributed by atoms with Gasteiger partial charge in [-0.25, -0.2) is 4.79 Å². The molecule has 1 aromatic heterocycles. The number of nitrogens with zero attached hydrogens (tertiary/aromatic N) is 2. The van der Waals surface area contributed by atoms with E-state index in [1.165, 1.54) is 11.0 Å². The fraction of sp³-hybridized carbons (Fsp3) is 0.519. The Kier molecular flexibility index (Phi) is 9.13. The van der Waals surface area contributed by atoms with E-state index in [4.69, 9.17) is 9.47 Å². The minimum Gasteiger partial charge on any atom is -0.460 e. The number of benzene rings is 1. The van der Waals surface area contributed by atoms with E-state index in [2.05, 4.69) is 10.3 Å². The fourth-order valence-corrected chi connectivity index (χ4v) is 4.18. The quantitative estimate of drug-likeness (QED) is 0.526. The number of carbonyl (C=O) groups is 4. The van der Waals surface area contributed by atoms with E-state index < -0.39 is 29.6 Å². The minimum absolute atomic E-state index is 0.00792. The molecule has 1 fully saturated rings. The van der Waals surface area contributed by atoms with Gasteiger partial charge in [-0.2, -0.15) is 0 Å². The van der Waals surface area contributed by atoms with Gasteiger partial charge in [-0.3, -0.25) is 19.2 Å². The molecule has 1 atom stereocenters. The van der Waals surface area contributed by atoms with Crippen LogP contribution < -0.4 is 10.7 Å². The van der Waals surface area contributed by atoms with Crippen LogP contribution in [0.2, 0.25) is 0 Å². The lowest BCUT2D eigenvalue weighted by atomic mass is 10.1. The zero-order chi connectivity index (χ0) is 28.0. The van der Waals surface area contributed by atoms with Gasteiger partial charge in [0.15, 0.2) is 5.43 Å². The van der Waals surface area contributed by atoms with Crippen molar-refractivity contribution < 1.29 is 28.7 Å². The lowest BCUT2D eigenvalue weighted by Gasteiger charge is -2.36. The summed E-state index contributed by atoms with van der Waals surface area (Å²) in [4.78, 5) is 69.6. The van der Waals surface area contributed by atoms with Crippen LogP contribution in [-0.2, 0) is 19.1 Å². The molecule has 1 aliphatic heterocycles. The third kappa shape index (κ3) is 7.56. The molecule has 3 amide bonds. The highest BCUT2D eigenvalue weighted by Crippen LogP contribution is 2.14. The molecule has 1 aliphatic rings. The van der Waals surface area contributed by atoms with E-state index in [-0.39, 0.29) is 62.7 Å². The predicted octanol–water partition coefficient (Wildman–Crippen LogP) is 2.36. The van der Waals surface area contributed by atoms with E-state index in [0.29, 0.717) is 10.9 Å². The molecule has 1 saturated heterocycles. The first-order valence-electron chi connectivity index (χ1n) is 12.7. The molecule has 38 heavy (non-hydrogen) atoms. The molecule has 0 aliphatic carbocycles. The highest BCUT2D eigenvalue weighted by Gasteiger charge is 2.31. The Morgan fingerprint density at radius 3 is 2.34 bits per heavy atom. The van der Waals surface area contributed by atoms with Crippen LogP contribution in [0, 0.1) is 6.92 Å². The SMILES string of the molecule is CCOC(=O)N1CCN(C(=O)[C@H](CCC(=O)OC(C)(C)C)NC(=O)c2cc(=O)c3cc(C)ccc3[nH]2)CC1. The number of carbonyl (C=O) groups excluding carboxylic acids is 4. The Bertz CT molecular complexity index is 1260. The molecule has 0 unspecified atom stereocenters. The average Bonchev–Trinajstić information content (AvgIpc) is 2.85. The lowest BCUT2D eigenvalue weighted by Crippen LogP contribution is -2.56. The molecule has 1 aromatic carbocycles. The third-order valence-corrected chi connectivity index (χ3v) is 6.01. The van der Waals surface area contributed by atoms with Gasteiger partial charge in [-0.1, -0.05) is 11.6 Å². The number of aromatic nitrogens is 1. The lowest BCUT2D eigenvalue weighted by molar-refractivity contribution is -0.155. The van der Waals surface area contributed by atoms with Gasteiger partial charge >= 0.3 is 12.1 Å². The van der Waals surface area contributed by atoms with Crippen molar-refractivity contribution >= 4 is 34.8 Å². The second-order valence-corrected chi connectivity index (χ2v) is 10.3. The summed E-state index contributed by atoms with van der Waals surface area (Å²) in [6, 6.07) is 5.44. The average molecular weight is 529 g/mol. The zero-order valence-electron chi connectivity index (χ0n) is 22.6. The highest BCUT2D eigenvalue weighted by molar-refractivity contribution is 5.98. The van der Waals surface area contributed by atoms with Crippen molar-refractivity contribution in [2.75, 3.05) is 32.8 Å². The summed E-state index contributed by atoms with van der Waals surface area (Å²) in [6.45, 7) is 10.2. The predicted molar refractivity (Wildman–Crippen MR) is 141 cm³/mol. The number of esters is 1. The molecule has 206 valence electrons. The Morgan fingerprint density at radius 2 is 1.71 bits per heavy atom. The van der Waals surface area contributed by atoms with Crippen molar-refractivity contribution in [1.29, 1.82) is 0 Å². The Morgan fingerprint density at radius 1 is 1.05 bits per heavy atom. The Labute approximate surface area is 221 Å². The molecule has 0 spiro atoms. The second-order valence-electron chi connectivity index (χ2n) is 10.3. The number of piperazine rings is 1. The monoisotopic (exact) mass is 528 g/mol. The number of ether oxygens (including phenoxy) is 2. The minimum atomic E-state index is -1.04. The van der Waals surface area contributed by atoms with Crippen molar-refractivity contribution in [3.05, 3.63) is 45.7 Å². The van der Waals surface area contributed by atoms with Gasteiger partial charge in [0.25, 0.3) is 5.91 Å². The number of amides is 3. The standard InChI is InChI=1S/C27H36N4O7/c1-6-37-26(36)31-13-11-30(12-14-31)25(35)20(9-10-23(33)38-27(3,4)5)29-24(34)21-16-22(32)18-15-17(2)7-8-19(18)28-21/h7-8,15-16,20H,6,9-14H2,1-5H3,(H,28,32)(H,29,34)/t20-/m0/s1. The molecule has 2 N–H and O–H groups in total. The van der Waals surface area contributed by atoms with E-state index >= 15 is 0 Å². The van der Waals surface area contributed by atoms with E-state index in [1.54, 1.807) is 44.7 Å². The number of hydrogen-bond acceptors (Lipinski definition) is 7. The van der Waals surface area contributed by atoms with E-state index in [9.17, 15) is 24.0 Å². The molecule has 0 radical (unpaired) electrons. The number of H-pyrrole nitrogens is 1. The van der Waals surface area contributed by atoms with Gasteiger partial charge < -0.3 is 29.6 Å². The van der Waals surface area contributed by atoms with Crippen LogP contribution in [0.25, 0.3) is 10.9 Å². The summed E-state index contributed by atoms with van der Waals surface area (Å²) < 4.78 is 10.4. The van der Waals surface area contributed by atoms with Gasteiger partial charge in [0.05, 0.1) is 6.61 Å². The zero-order valence-corrected chi connectivity index (χ0v) is 22.6. The summed E-state index contributed by atoms with van der Waals surface area (Å²) >= 11 is 0. The van der Waals surface area contributed by atoms with Gasteiger partial charge in [0.1, 0.15) is 17.3 Å². The van der Waals surface area contributed by atoms with Crippen molar-refractivity contribution in [1.82, 2.24) is 20.1 Å². The first-order valence-corrected chi connectivity index (χ1v) is 12.7. The number of hydrogen-bond donors (Lipinski definition) is 2. The topological polar surface area (TPSA) is 138 Å². The summed E-state index contributed by atoms with van der Waals surface area (Å²) in [5.41, 5.74) is 0.413. The summed E-state index contributed by atoms with van der Waals surface area (Å²) in [7, 11) is 0. The Balaban J connectivity index is 1.76. The van der Waals surface area contributed by atoms with Crippen LogP contribution in [0.4, 0.5) is 4.79 Å². The summed E-state index contributed by atoms with van der Waals surface area (Å²) in [5.74, 6) is -1.52. The molecule has 3 rings (SSSR count). The third-order valence-electron chi connectivity index (χ3n) is 6.01. The van der Waals surface area contributed by atoms with Crippen molar-refractivity contribution in [2.24, 2.45) is 0 Å². The molecule has 0 saturated carbocycles. The fourth-order valence-electron chi connectivity index (χ4n) is 4.18. The molecule has 11 nitrogen and oxygen atoms in total. The maximum atomic E-state index is 13.4. The second kappa shape index (κ2) is 12.1. The van der Waals surface area contributed by atoms with Crippen LogP contribution in [0.1, 0.15) is 56.6 Å². The number of pyridine rings is 1. The molecule has 2 heterocycles. The number of rotatable bonds is 7. The number of aromatic amines is 1. The number of nitrogens with one attached hydrogen (secondary N) is 2. The summed E-state index contributed by atoms with van der Waals surface area (Å²) in [6.07, 6.45) is -0.524. The molecule has 0 bridgehead atoms. The normalized spacial score (nSPS) is 14.7. The van der Waals surface area contributed by atoms with Crippen molar-refractivity contribution in [3.8, 4) is 0 Å². The van der Waals surface area contributed by atoms with Crippen LogP contribution in [0.15, 0.2) is 29.1 Å². The maximum absolute atomic E-state index is 13.4. The smallest absolute Gasteiger partial charge is 0.409 e. The first-order chi connectivity index (χ1) is 17.9. The maximum Gasteiger partial charge on any atom is 0.409 e. The van der Waals surface area contributed by atoms with Gasteiger partial charge in [0.2, 0.25) is 5.91 Å². The van der Waals surface area contributed by atoms with Crippen molar-refractivity contribution in [3.63, 3.8) is 0 Å². The molecule has 2 aromatic rings. The molecular weight excluding hydrogens is 492 g/mol. The molecular formula is C27H36N4O7. The number of fused-ring (bicyclic) bond motifs is 1. The van der Waals surface area contributed by atoms with Crippen molar-refractivity contribution in [2.45, 2.75) is 59.1 Å². The van der Waals surface area contributed by atoms with Gasteiger partial charge in [0, 0.05) is 49.6 Å². The van der Waals surface area contributed by atoms with Crippen LogP contribution >= 0.6 is 0 Å². The van der Waals surface area contributed by atoms with Crippen LogP contribution in [0.5, 0.6) is 0 Å². The van der Waals surface area contributed by atoms with Gasteiger partial charge in [-0.15, -0.1) is 0 Å².